The van der Waals surface area contributed by atoms with Gasteiger partial charge in [-0.25, -0.2) is 4.79 Å². The molecule has 1 aliphatic heterocycles. The van der Waals surface area contributed by atoms with Crippen LogP contribution in [0.5, 0.6) is 5.75 Å². The van der Waals surface area contributed by atoms with Crippen LogP contribution in [0.25, 0.3) is 0 Å². The summed E-state index contributed by atoms with van der Waals surface area (Å²) in [7, 11) is 0. The van der Waals surface area contributed by atoms with Crippen molar-refractivity contribution in [3.05, 3.63) is 65.2 Å². The van der Waals surface area contributed by atoms with Crippen LogP contribution in [0.1, 0.15) is 18.4 Å². The van der Waals surface area contributed by atoms with Crippen LogP contribution in [0.15, 0.2) is 54.6 Å². The molecule has 0 spiro atoms. The van der Waals surface area contributed by atoms with Crippen molar-refractivity contribution >= 4 is 17.7 Å². The maximum atomic E-state index is 12.2. The van der Waals surface area contributed by atoms with Gasteiger partial charge in [0.05, 0.1) is 0 Å². The van der Waals surface area contributed by atoms with E-state index in [9.17, 15) is 4.79 Å². The first-order valence-electron chi connectivity index (χ1n) is 9.19. The van der Waals surface area contributed by atoms with Crippen LogP contribution in [0.4, 0.5) is 4.79 Å². The minimum atomic E-state index is -0.281. The van der Waals surface area contributed by atoms with Gasteiger partial charge in [-0.3, -0.25) is 4.90 Å². The van der Waals surface area contributed by atoms with Gasteiger partial charge in [-0.1, -0.05) is 41.9 Å². The third-order valence-electron chi connectivity index (χ3n) is 4.68. The van der Waals surface area contributed by atoms with Gasteiger partial charge in [0.25, 0.3) is 0 Å². The number of ether oxygens (including phenoxy) is 1. The number of rotatable bonds is 6. The van der Waals surface area contributed by atoms with Crippen molar-refractivity contribution in [1.29, 1.82) is 0 Å². The maximum Gasteiger partial charge on any atom is 0.415 e. The monoisotopic (exact) mass is 372 g/mol. The predicted octanol–water partition coefficient (Wildman–Crippen LogP) is 4.48. The lowest BCUT2D eigenvalue weighted by Gasteiger charge is -2.34. The number of halogens is 1. The Kier molecular flexibility index (Phi) is 6.92. The van der Waals surface area contributed by atoms with E-state index < -0.39 is 0 Å². The summed E-state index contributed by atoms with van der Waals surface area (Å²) in [6, 6.07) is 17.5. The second-order valence-electron chi connectivity index (χ2n) is 6.59. The molecular formula is C21H25ClN2O2. The van der Waals surface area contributed by atoms with E-state index >= 15 is 0 Å². The Morgan fingerprint density at radius 1 is 0.923 bits per heavy atom. The highest BCUT2D eigenvalue weighted by Gasteiger charge is 2.22. The minimum absolute atomic E-state index is 0.281. The first-order chi connectivity index (χ1) is 12.7. The van der Waals surface area contributed by atoms with Gasteiger partial charge in [-0.05, 0) is 55.6 Å². The lowest BCUT2D eigenvalue weighted by Crippen LogP contribution is -2.49. The van der Waals surface area contributed by atoms with E-state index in [-0.39, 0.29) is 6.09 Å². The quantitative estimate of drug-likeness (QED) is 0.701. The minimum Gasteiger partial charge on any atom is -0.410 e. The molecule has 26 heavy (non-hydrogen) atoms. The van der Waals surface area contributed by atoms with Gasteiger partial charge in [0.1, 0.15) is 5.75 Å². The zero-order chi connectivity index (χ0) is 18.2. The molecule has 0 aliphatic carbocycles. The molecule has 3 rings (SSSR count). The molecule has 0 atom stereocenters. The summed E-state index contributed by atoms with van der Waals surface area (Å²) >= 11 is 5.84. The maximum absolute atomic E-state index is 12.2. The summed E-state index contributed by atoms with van der Waals surface area (Å²) < 4.78 is 5.40. The fourth-order valence-electron chi connectivity index (χ4n) is 3.13. The van der Waals surface area contributed by atoms with E-state index in [2.05, 4.69) is 35.2 Å². The van der Waals surface area contributed by atoms with Gasteiger partial charge in [-0.2, -0.15) is 0 Å². The second kappa shape index (κ2) is 9.60. The van der Waals surface area contributed by atoms with Gasteiger partial charge in [0.15, 0.2) is 0 Å². The molecule has 1 aliphatic rings. The van der Waals surface area contributed by atoms with Gasteiger partial charge in [0.2, 0.25) is 0 Å². The molecule has 0 radical (unpaired) electrons. The van der Waals surface area contributed by atoms with Crippen LogP contribution in [0.3, 0.4) is 0 Å². The Bertz CT molecular complexity index is 683. The van der Waals surface area contributed by atoms with E-state index in [1.54, 1.807) is 29.2 Å². The zero-order valence-corrected chi connectivity index (χ0v) is 15.7. The predicted molar refractivity (Wildman–Crippen MR) is 105 cm³/mol. The summed E-state index contributed by atoms with van der Waals surface area (Å²) in [5, 5.41) is 0.630. The molecule has 2 aromatic carbocycles. The summed E-state index contributed by atoms with van der Waals surface area (Å²) in [5.74, 6) is 0.530. The fourth-order valence-corrected chi connectivity index (χ4v) is 3.26. The third kappa shape index (κ3) is 5.75. The molecule has 138 valence electrons. The number of nitrogens with zero attached hydrogens (tertiary/aromatic N) is 2. The first kappa shape index (κ1) is 18.7. The van der Waals surface area contributed by atoms with E-state index in [1.807, 2.05) is 0 Å². The van der Waals surface area contributed by atoms with Gasteiger partial charge >= 0.3 is 6.09 Å². The molecular weight excluding hydrogens is 348 g/mol. The number of hydrogen-bond acceptors (Lipinski definition) is 3. The molecule has 5 heteroatoms. The number of piperazine rings is 1. The van der Waals surface area contributed by atoms with Crippen molar-refractivity contribution in [3.8, 4) is 5.75 Å². The third-order valence-corrected chi connectivity index (χ3v) is 4.93. The Hall–Kier alpha value is -2.04. The Labute approximate surface area is 160 Å². The van der Waals surface area contributed by atoms with E-state index in [0.717, 1.165) is 26.1 Å². The average molecular weight is 373 g/mol. The van der Waals surface area contributed by atoms with Crippen molar-refractivity contribution in [2.24, 2.45) is 0 Å². The molecule has 1 heterocycles. The molecule has 0 bridgehead atoms. The largest absolute Gasteiger partial charge is 0.415 e. The average Bonchev–Trinajstić information content (AvgIpc) is 2.68. The zero-order valence-electron chi connectivity index (χ0n) is 14.9. The number of amides is 1. The van der Waals surface area contributed by atoms with Crippen molar-refractivity contribution in [2.45, 2.75) is 19.3 Å². The normalized spacial score (nSPS) is 15.0. The van der Waals surface area contributed by atoms with Gasteiger partial charge in [0, 0.05) is 31.2 Å². The highest BCUT2D eigenvalue weighted by Crippen LogP contribution is 2.17. The summed E-state index contributed by atoms with van der Waals surface area (Å²) in [6.07, 6.45) is 3.23. The van der Waals surface area contributed by atoms with Crippen LogP contribution in [0.2, 0.25) is 5.02 Å². The van der Waals surface area contributed by atoms with Crippen molar-refractivity contribution in [3.63, 3.8) is 0 Å². The SMILES string of the molecule is O=C(Oc1ccc(Cl)cc1)N1CCN(CCCCc2ccccc2)CC1. The lowest BCUT2D eigenvalue weighted by atomic mass is 10.1. The van der Waals surface area contributed by atoms with E-state index in [1.165, 1.54) is 18.4 Å². The first-order valence-corrected chi connectivity index (χ1v) is 9.57. The van der Waals surface area contributed by atoms with Crippen molar-refractivity contribution in [1.82, 2.24) is 9.80 Å². The summed E-state index contributed by atoms with van der Waals surface area (Å²) in [4.78, 5) is 16.4. The van der Waals surface area contributed by atoms with Crippen LogP contribution in [-0.2, 0) is 6.42 Å². The topological polar surface area (TPSA) is 32.8 Å². The van der Waals surface area contributed by atoms with Crippen LogP contribution >= 0.6 is 11.6 Å². The number of carbonyl (C=O) groups is 1. The number of carbonyl (C=O) groups excluding carboxylic acids is 1. The van der Waals surface area contributed by atoms with Crippen LogP contribution in [0, 0.1) is 0 Å². The standard InChI is InChI=1S/C21H25ClN2O2/c22-19-9-11-20(12-10-19)26-21(25)24-16-14-23(15-17-24)13-5-4-8-18-6-2-1-3-7-18/h1-3,6-7,9-12H,4-5,8,13-17H2. The molecule has 0 aromatic heterocycles. The van der Waals surface area contributed by atoms with E-state index in [0.29, 0.717) is 23.9 Å². The van der Waals surface area contributed by atoms with Crippen LogP contribution in [-0.4, -0.2) is 48.6 Å². The second-order valence-corrected chi connectivity index (χ2v) is 7.03. The number of unbranched alkanes of at least 4 members (excludes halogenated alkanes) is 1. The Morgan fingerprint density at radius 3 is 2.31 bits per heavy atom. The molecule has 2 aromatic rings. The summed E-state index contributed by atoms with van der Waals surface area (Å²) in [6.45, 7) is 4.32. The highest BCUT2D eigenvalue weighted by atomic mass is 35.5. The van der Waals surface area contributed by atoms with Crippen molar-refractivity contribution < 1.29 is 9.53 Å². The van der Waals surface area contributed by atoms with Gasteiger partial charge < -0.3 is 9.64 Å². The molecule has 4 nitrogen and oxygen atoms in total. The van der Waals surface area contributed by atoms with Crippen LogP contribution < -0.4 is 4.74 Å². The number of aryl methyl sites for hydroxylation is 1. The summed E-state index contributed by atoms with van der Waals surface area (Å²) in [5.41, 5.74) is 1.40. The van der Waals surface area contributed by atoms with Gasteiger partial charge in [-0.15, -0.1) is 0 Å². The number of benzene rings is 2. The van der Waals surface area contributed by atoms with Crippen molar-refractivity contribution in [2.75, 3.05) is 32.7 Å². The smallest absolute Gasteiger partial charge is 0.410 e. The van der Waals surface area contributed by atoms with E-state index in [4.69, 9.17) is 16.3 Å². The fraction of sp³-hybridized carbons (Fsp3) is 0.381. The lowest BCUT2D eigenvalue weighted by molar-refractivity contribution is 0.110. The molecule has 1 saturated heterocycles. The molecule has 0 unspecified atom stereocenters. The number of hydrogen-bond donors (Lipinski definition) is 0. The molecule has 1 fully saturated rings. The molecule has 0 saturated carbocycles. The molecule has 1 amide bonds. The Balaban J connectivity index is 1.33. The molecule has 0 N–H and O–H groups in total. The Morgan fingerprint density at radius 2 is 1.62 bits per heavy atom. The highest BCUT2D eigenvalue weighted by molar-refractivity contribution is 6.30.